The van der Waals surface area contributed by atoms with E-state index < -0.39 is 27.2 Å². The van der Waals surface area contributed by atoms with E-state index in [0.29, 0.717) is 10.9 Å². The molecule has 0 saturated carbocycles. The smallest absolute Gasteiger partial charge is 0.268 e. The van der Waals surface area contributed by atoms with Crippen LogP contribution in [0, 0.1) is 11.6 Å². The monoisotopic (exact) mass is 425 g/mol. The summed E-state index contributed by atoms with van der Waals surface area (Å²) in [5, 5.41) is 0.464. The number of carbonyl (C=O) groups is 1. The van der Waals surface area contributed by atoms with Crippen LogP contribution < -0.4 is 0 Å². The van der Waals surface area contributed by atoms with Crippen LogP contribution in [0.5, 0.6) is 0 Å². The third-order valence-electron chi connectivity index (χ3n) is 4.78. The summed E-state index contributed by atoms with van der Waals surface area (Å²) in [5.74, 6) is -1.79. The molecule has 0 aliphatic carbocycles. The van der Waals surface area contributed by atoms with E-state index >= 15 is 0 Å². The van der Waals surface area contributed by atoms with Gasteiger partial charge in [-0.1, -0.05) is 30.3 Å². The first-order valence-corrected chi connectivity index (χ1v) is 10.6. The molecule has 0 saturated heterocycles. The lowest BCUT2D eigenvalue weighted by molar-refractivity contribution is -0.116. The van der Waals surface area contributed by atoms with Gasteiger partial charge in [0.15, 0.2) is 0 Å². The summed E-state index contributed by atoms with van der Waals surface area (Å²) in [6.07, 6.45) is 0.177. The summed E-state index contributed by atoms with van der Waals surface area (Å²) in [5.41, 5.74) is 0.402. The van der Waals surface area contributed by atoms with Crippen molar-refractivity contribution >= 4 is 26.7 Å². The van der Waals surface area contributed by atoms with Crippen molar-refractivity contribution in [1.82, 2.24) is 3.97 Å². The molecule has 152 valence electrons. The Labute approximate surface area is 172 Å². The molecule has 1 heterocycles. The second kappa shape index (κ2) is 7.50. The molecule has 0 radical (unpaired) electrons. The van der Waals surface area contributed by atoms with Crippen LogP contribution >= 0.6 is 0 Å². The number of rotatable bonds is 5. The van der Waals surface area contributed by atoms with E-state index in [1.807, 2.05) is 0 Å². The molecule has 0 amide bonds. The second-order valence-electron chi connectivity index (χ2n) is 6.98. The quantitative estimate of drug-likeness (QED) is 0.454. The molecule has 1 aromatic heterocycles. The van der Waals surface area contributed by atoms with Gasteiger partial charge in [-0.15, -0.1) is 0 Å². The average molecular weight is 425 g/mol. The van der Waals surface area contributed by atoms with Gasteiger partial charge in [-0.2, -0.15) is 0 Å². The number of nitrogens with zero attached hydrogens (tertiary/aromatic N) is 1. The summed E-state index contributed by atoms with van der Waals surface area (Å²) in [6, 6.07) is 17.3. The molecule has 0 atom stereocenters. The van der Waals surface area contributed by atoms with E-state index in [2.05, 4.69) is 0 Å². The van der Waals surface area contributed by atoms with Crippen LogP contribution in [0.2, 0.25) is 0 Å². The van der Waals surface area contributed by atoms with Gasteiger partial charge >= 0.3 is 0 Å². The van der Waals surface area contributed by atoms with Crippen LogP contribution in [-0.2, 0) is 21.2 Å². The van der Waals surface area contributed by atoms with Gasteiger partial charge < -0.3 is 0 Å². The molecule has 30 heavy (non-hydrogen) atoms. The highest BCUT2D eigenvalue weighted by Crippen LogP contribution is 2.35. The largest absolute Gasteiger partial charge is 0.300 e. The number of ketones is 1. The van der Waals surface area contributed by atoms with Gasteiger partial charge in [-0.05, 0) is 55.0 Å². The van der Waals surface area contributed by atoms with Crippen LogP contribution in [-0.4, -0.2) is 18.2 Å². The van der Waals surface area contributed by atoms with Crippen molar-refractivity contribution in [2.75, 3.05) is 0 Å². The molecule has 4 rings (SSSR count). The Balaban J connectivity index is 2.07. The minimum absolute atomic E-state index is 0.00619. The van der Waals surface area contributed by atoms with E-state index in [1.54, 1.807) is 36.4 Å². The Kier molecular flexibility index (Phi) is 4.99. The highest BCUT2D eigenvalue weighted by atomic mass is 32.2. The Hall–Kier alpha value is -3.32. The van der Waals surface area contributed by atoms with Gasteiger partial charge in [0.25, 0.3) is 10.0 Å². The molecular weight excluding hydrogens is 408 g/mol. The van der Waals surface area contributed by atoms with Crippen LogP contribution in [0.3, 0.4) is 0 Å². The fraction of sp³-hybridized carbons (Fsp3) is 0.0870. The second-order valence-corrected chi connectivity index (χ2v) is 8.77. The average Bonchev–Trinajstić information content (AvgIpc) is 3.07. The van der Waals surface area contributed by atoms with Crippen LogP contribution in [0.4, 0.5) is 8.78 Å². The van der Waals surface area contributed by atoms with Crippen molar-refractivity contribution < 1.29 is 22.0 Å². The summed E-state index contributed by atoms with van der Waals surface area (Å²) >= 11 is 0. The van der Waals surface area contributed by atoms with Crippen molar-refractivity contribution in [2.24, 2.45) is 0 Å². The number of halogens is 2. The molecule has 3 aromatic carbocycles. The molecule has 0 bridgehead atoms. The molecule has 0 N–H and O–H groups in total. The third kappa shape index (κ3) is 3.41. The molecule has 0 aliphatic rings. The first-order valence-electron chi connectivity index (χ1n) is 9.18. The van der Waals surface area contributed by atoms with Crippen molar-refractivity contribution in [3.63, 3.8) is 0 Å². The zero-order valence-electron chi connectivity index (χ0n) is 16.0. The molecule has 7 heteroatoms. The lowest BCUT2D eigenvalue weighted by Gasteiger charge is -2.13. The molecule has 0 spiro atoms. The van der Waals surface area contributed by atoms with E-state index in [4.69, 9.17) is 0 Å². The number of Topliss-reactive ketones (excluding diaryl/α,β-unsaturated/α-hetero) is 1. The summed E-state index contributed by atoms with van der Waals surface area (Å²) in [4.78, 5) is 11.5. The number of carbonyl (C=O) groups excluding carboxylic acids is 1. The SMILES string of the molecule is CC(=O)Cc1ccc2c(c1)cc(-c1c(F)cccc1F)n2S(=O)(=O)c1ccccc1. The standard InChI is InChI=1S/C23H17F2NO3S/c1-15(27)12-16-10-11-21-17(13-16)14-22(23-19(24)8-5-9-20(23)25)26(21)30(28,29)18-6-3-2-4-7-18/h2-11,13-14H,12H2,1H3. The first kappa shape index (κ1) is 20.0. The van der Waals surface area contributed by atoms with E-state index in [-0.39, 0.29) is 28.3 Å². The van der Waals surface area contributed by atoms with Crippen molar-refractivity contribution in [1.29, 1.82) is 0 Å². The first-order chi connectivity index (χ1) is 14.3. The van der Waals surface area contributed by atoms with Crippen molar-refractivity contribution in [2.45, 2.75) is 18.2 Å². The van der Waals surface area contributed by atoms with Gasteiger partial charge in [-0.3, -0.25) is 4.79 Å². The van der Waals surface area contributed by atoms with Gasteiger partial charge in [0, 0.05) is 11.8 Å². The molecule has 0 unspecified atom stereocenters. The molecule has 0 fully saturated rings. The van der Waals surface area contributed by atoms with Crippen molar-refractivity contribution in [3.05, 3.63) is 90.0 Å². The maximum Gasteiger partial charge on any atom is 0.268 e. The predicted molar refractivity (Wildman–Crippen MR) is 111 cm³/mol. The molecule has 4 aromatic rings. The fourth-order valence-electron chi connectivity index (χ4n) is 3.51. The molecule has 4 nitrogen and oxygen atoms in total. The Morgan fingerprint density at radius 3 is 2.20 bits per heavy atom. The van der Waals surface area contributed by atoms with Crippen LogP contribution in [0.25, 0.3) is 22.2 Å². The lowest BCUT2D eigenvalue weighted by atomic mass is 10.1. The van der Waals surface area contributed by atoms with Gasteiger partial charge in [0.1, 0.15) is 17.4 Å². The van der Waals surface area contributed by atoms with E-state index in [0.717, 1.165) is 16.1 Å². The summed E-state index contributed by atoms with van der Waals surface area (Å²) < 4.78 is 57.0. The van der Waals surface area contributed by atoms with Gasteiger partial charge in [0.2, 0.25) is 0 Å². The Morgan fingerprint density at radius 1 is 0.900 bits per heavy atom. The minimum atomic E-state index is -4.15. The molecular formula is C23H17F2NO3S. The number of hydrogen-bond acceptors (Lipinski definition) is 3. The topological polar surface area (TPSA) is 56.1 Å². The van der Waals surface area contributed by atoms with E-state index in [1.165, 1.54) is 31.2 Å². The van der Waals surface area contributed by atoms with Gasteiger partial charge in [0.05, 0.1) is 21.7 Å². The minimum Gasteiger partial charge on any atom is -0.300 e. The fourth-order valence-corrected chi connectivity index (χ4v) is 5.05. The van der Waals surface area contributed by atoms with Crippen molar-refractivity contribution in [3.8, 4) is 11.3 Å². The molecule has 0 aliphatic heterocycles. The third-order valence-corrected chi connectivity index (χ3v) is 6.52. The normalized spacial score (nSPS) is 11.7. The zero-order chi connectivity index (χ0) is 21.5. The maximum absolute atomic E-state index is 14.6. The Morgan fingerprint density at radius 2 is 1.57 bits per heavy atom. The summed E-state index contributed by atoms with van der Waals surface area (Å²) in [7, 11) is -4.15. The van der Waals surface area contributed by atoms with Crippen LogP contribution in [0.1, 0.15) is 12.5 Å². The number of fused-ring (bicyclic) bond motifs is 1. The van der Waals surface area contributed by atoms with Gasteiger partial charge in [-0.25, -0.2) is 21.2 Å². The summed E-state index contributed by atoms with van der Waals surface area (Å²) in [6.45, 7) is 1.45. The predicted octanol–water partition coefficient (Wildman–Crippen LogP) is 4.96. The lowest BCUT2D eigenvalue weighted by Crippen LogP contribution is -2.14. The maximum atomic E-state index is 14.6. The number of benzene rings is 3. The number of hydrogen-bond donors (Lipinski definition) is 0. The zero-order valence-corrected chi connectivity index (χ0v) is 16.8. The van der Waals surface area contributed by atoms with Crippen LogP contribution in [0.15, 0.2) is 77.7 Å². The highest BCUT2D eigenvalue weighted by molar-refractivity contribution is 7.90. The van der Waals surface area contributed by atoms with E-state index in [9.17, 15) is 22.0 Å². The Bertz CT molecular complexity index is 1360. The highest BCUT2D eigenvalue weighted by Gasteiger charge is 2.26. The number of aromatic nitrogens is 1.